The number of nitrogens with one attached hydrogen (secondary N) is 2. The summed E-state index contributed by atoms with van der Waals surface area (Å²) in [7, 11) is 2.66. The van der Waals surface area contributed by atoms with Crippen LogP contribution in [0.2, 0.25) is 0 Å². The first-order valence-corrected chi connectivity index (χ1v) is 14.7. The molecule has 2 saturated carbocycles. The van der Waals surface area contributed by atoms with Crippen LogP contribution >= 0.6 is 0 Å². The van der Waals surface area contributed by atoms with Gasteiger partial charge in [0.2, 0.25) is 5.91 Å². The lowest BCUT2D eigenvalue weighted by Crippen LogP contribution is -2.77. The van der Waals surface area contributed by atoms with Crippen LogP contribution in [0.4, 0.5) is 42.5 Å². The summed E-state index contributed by atoms with van der Waals surface area (Å²) in [5.74, 6) is -16.5. The molecule has 19 heteroatoms. The van der Waals surface area contributed by atoms with Gasteiger partial charge in [0, 0.05) is 11.6 Å². The maximum atomic E-state index is 14.0. The van der Waals surface area contributed by atoms with E-state index in [9.17, 15) is 70.4 Å². The number of hydrogen-bond acceptors (Lipinski definition) is 10. The van der Waals surface area contributed by atoms with E-state index in [0.29, 0.717) is 0 Å². The number of aromatic hydroxyl groups is 1. The Morgan fingerprint density at radius 2 is 1.48 bits per heavy atom. The Morgan fingerprint density at radius 1 is 0.920 bits per heavy atom. The van der Waals surface area contributed by atoms with Gasteiger partial charge in [-0.05, 0) is 49.8 Å². The number of aliphatic hydroxyl groups excluding tert-OH is 1. The van der Waals surface area contributed by atoms with E-state index in [2.05, 4.69) is 0 Å². The van der Waals surface area contributed by atoms with Gasteiger partial charge in [-0.1, -0.05) is 13.0 Å². The number of benzene rings is 2. The van der Waals surface area contributed by atoms with Crippen molar-refractivity contribution in [3.63, 3.8) is 0 Å². The second-order valence-electron chi connectivity index (χ2n) is 12.7. The number of primary amides is 1. The van der Waals surface area contributed by atoms with Gasteiger partial charge in [-0.25, -0.2) is 4.79 Å². The van der Waals surface area contributed by atoms with Gasteiger partial charge in [0.15, 0.2) is 34.7 Å². The van der Waals surface area contributed by atoms with Gasteiger partial charge in [-0.15, -0.1) is 0 Å². The number of likely N-dealkylation sites (N-methyl/N-ethyl adjacent to an activating group) is 1. The largest absolute Gasteiger partial charge is 0.505 e. The number of rotatable bonds is 4. The van der Waals surface area contributed by atoms with Crippen molar-refractivity contribution in [1.82, 2.24) is 4.90 Å². The zero-order chi connectivity index (χ0) is 37.6. The number of hydrogen-bond donors (Lipinski definition) is 6. The molecule has 0 spiro atoms. The van der Waals surface area contributed by atoms with Crippen molar-refractivity contribution in [2.45, 2.75) is 42.9 Å². The van der Waals surface area contributed by atoms with E-state index in [1.165, 1.54) is 32.0 Å². The summed E-state index contributed by atoms with van der Waals surface area (Å²) in [5.41, 5.74) is -3.58. The molecule has 50 heavy (non-hydrogen) atoms. The zero-order valence-corrected chi connectivity index (χ0v) is 26.0. The molecule has 5 rings (SSSR count). The van der Waals surface area contributed by atoms with E-state index in [1.54, 1.807) is 5.32 Å². The molecule has 0 saturated heterocycles. The van der Waals surface area contributed by atoms with Gasteiger partial charge in [-0.3, -0.25) is 28.9 Å². The predicted molar refractivity (Wildman–Crippen MR) is 157 cm³/mol. The van der Waals surface area contributed by atoms with Gasteiger partial charge in [0.25, 0.3) is 0 Å². The molecule has 0 radical (unpaired) electrons. The predicted octanol–water partition coefficient (Wildman–Crippen LogP) is 2.08. The maximum Gasteiger partial charge on any atom is 0.416 e. The number of carbonyl (C=O) groups excluding carboxylic acids is 6. The van der Waals surface area contributed by atoms with Gasteiger partial charge in [0.1, 0.15) is 5.75 Å². The number of carbonyl (C=O) groups is 6. The van der Waals surface area contributed by atoms with Gasteiger partial charge < -0.3 is 31.7 Å². The number of aliphatic hydroxyl groups is 2. The Bertz CT molecular complexity index is 1830. The summed E-state index contributed by atoms with van der Waals surface area (Å²) in [5, 5.41) is 38.2. The van der Waals surface area contributed by atoms with E-state index in [0.717, 1.165) is 6.07 Å². The highest BCUT2D eigenvalue weighted by Crippen LogP contribution is 2.55. The van der Waals surface area contributed by atoms with Crippen molar-refractivity contribution in [2.75, 3.05) is 24.7 Å². The van der Waals surface area contributed by atoms with E-state index < -0.39 is 129 Å². The van der Waals surface area contributed by atoms with Crippen molar-refractivity contribution in [1.29, 1.82) is 0 Å². The molecular formula is C31H28F6N4O9. The molecule has 2 unspecified atom stereocenters. The van der Waals surface area contributed by atoms with Crippen LogP contribution in [0.5, 0.6) is 5.75 Å². The third-order valence-electron chi connectivity index (χ3n) is 9.58. The number of alkyl halides is 6. The molecule has 0 aliphatic heterocycles. The lowest BCUT2D eigenvalue weighted by molar-refractivity contribution is -0.196. The van der Waals surface area contributed by atoms with Crippen LogP contribution in [0.25, 0.3) is 0 Å². The van der Waals surface area contributed by atoms with Gasteiger partial charge in [-0.2, -0.15) is 26.3 Å². The normalized spacial score (nSPS) is 29.6. The average Bonchev–Trinajstić information content (AvgIpc) is 2.98. The Hall–Kier alpha value is -4.88. The van der Waals surface area contributed by atoms with E-state index in [4.69, 9.17) is 5.73 Å². The molecule has 13 nitrogen and oxygen atoms in total. The van der Waals surface area contributed by atoms with Crippen LogP contribution in [0.1, 0.15) is 39.9 Å². The second-order valence-corrected chi connectivity index (χ2v) is 12.7. The lowest BCUT2D eigenvalue weighted by Gasteiger charge is -2.56. The first-order chi connectivity index (χ1) is 22.9. The molecule has 2 aromatic rings. The topological polar surface area (TPSA) is 216 Å². The van der Waals surface area contributed by atoms with Crippen LogP contribution in [0, 0.1) is 23.7 Å². The number of Topliss-reactive ketones (excluding diaryl/α,β-unsaturated/α-hetero) is 4. The fraction of sp³-hybridized carbons (Fsp3) is 0.419. The van der Waals surface area contributed by atoms with Crippen LogP contribution in [-0.4, -0.2) is 87.1 Å². The SMILES string of the molecule is C[C@H]1c2ccc(NC(=O)Nc3cc(C(F)(F)F)cc(C(F)(F)F)c3)c(O)c2C(=O)C2C(=O)[C@]3(O)C(=O)C(C(N)=O)C(=O)[C@@H](N(C)C)[C@@H]3[C@@H](O)[C@@H]21. The zero-order valence-electron chi connectivity index (χ0n) is 26.0. The summed E-state index contributed by atoms with van der Waals surface area (Å²) < 4.78 is 79.6. The molecule has 0 bridgehead atoms. The smallest absolute Gasteiger partial charge is 0.416 e. The number of amides is 3. The molecule has 3 aliphatic carbocycles. The Labute approximate surface area is 277 Å². The number of phenolic OH excluding ortho intramolecular Hbond substituents is 1. The number of nitrogens with two attached hydrogens (primary N) is 1. The van der Waals surface area contributed by atoms with Crippen molar-refractivity contribution in [3.05, 3.63) is 52.6 Å². The number of ketones is 4. The monoisotopic (exact) mass is 714 g/mol. The van der Waals surface area contributed by atoms with Crippen LogP contribution in [-0.2, 0) is 31.5 Å². The highest BCUT2D eigenvalue weighted by atomic mass is 19.4. The number of fused-ring (bicyclic) bond motifs is 3. The van der Waals surface area contributed by atoms with Crippen LogP contribution < -0.4 is 16.4 Å². The molecule has 2 aromatic carbocycles. The molecule has 0 aromatic heterocycles. The van der Waals surface area contributed by atoms with E-state index in [-0.39, 0.29) is 23.8 Å². The fourth-order valence-electron chi connectivity index (χ4n) is 7.40. The fourth-order valence-corrected chi connectivity index (χ4v) is 7.40. The minimum Gasteiger partial charge on any atom is -0.505 e. The molecule has 0 heterocycles. The summed E-state index contributed by atoms with van der Waals surface area (Å²) >= 11 is 0. The highest BCUT2D eigenvalue weighted by molar-refractivity contribution is 6.32. The van der Waals surface area contributed by atoms with Crippen molar-refractivity contribution in [2.24, 2.45) is 29.4 Å². The molecule has 3 amide bonds. The van der Waals surface area contributed by atoms with Crippen molar-refractivity contribution < 1.29 is 70.4 Å². The first-order valence-electron chi connectivity index (χ1n) is 14.7. The third-order valence-corrected chi connectivity index (χ3v) is 9.58. The number of halogens is 6. The average molecular weight is 715 g/mol. The number of urea groups is 1. The minimum atomic E-state index is -5.22. The van der Waals surface area contributed by atoms with E-state index >= 15 is 0 Å². The molecular weight excluding hydrogens is 686 g/mol. The number of anilines is 2. The van der Waals surface area contributed by atoms with Gasteiger partial charge >= 0.3 is 18.4 Å². The van der Waals surface area contributed by atoms with Crippen LogP contribution in [0.15, 0.2) is 30.3 Å². The third kappa shape index (κ3) is 5.48. The highest BCUT2D eigenvalue weighted by Gasteiger charge is 2.73. The Balaban J connectivity index is 1.52. The Morgan fingerprint density at radius 3 is 1.98 bits per heavy atom. The molecule has 3 aliphatic rings. The standard InChI is InChI=1S/C31H28F6N4O9/c1-9-13-4-5-14(40-28(49)39-12-7-10(30(32,33)34)6-11(8-12)31(35,36)37)21(42)16(13)22(43)17-15(9)23(44)19-20(41(2)3)24(45)18(27(38)48)26(47)29(19,50)25(17)46/h4-9,15,17-20,23,42,44,50H,1-3H3,(H2,38,48)(H2,39,40,49)/t9-,15+,17?,18?,19+,20-,23-,29-/m0/s1. The summed E-state index contributed by atoms with van der Waals surface area (Å²) in [6.45, 7) is 1.43. The molecule has 2 fully saturated rings. The summed E-state index contributed by atoms with van der Waals surface area (Å²) in [4.78, 5) is 80.8. The Kier molecular flexibility index (Phi) is 8.64. The lowest BCUT2D eigenvalue weighted by atomic mass is 9.49. The van der Waals surface area contributed by atoms with Gasteiger partial charge in [0.05, 0.1) is 46.4 Å². The first kappa shape index (κ1) is 36.4. The number of phenols is 1. The molecule has 7 N–H and O–H groups in total. The maximum absolute atomic E-state index is 14.0. The number of nitrogens with zero attached hydrogens (tertiary/aromatic N) is 1. The van der Waals surface area contributed by atoms with Crippen LogP contribution in [0.3, 0.4) is 0 Å². The molecule has 8 atom stereocenters. The minimum absolute atomic E-state index is 0.00886. The quantitative estimate of drug-likeness (QED) is 0.154. The second kappa shape index (κ2) is 11.9. The van der Waals surface area contributed by atoms with Crippen molar-refractivity contribution in [3.8, 4) is 5.75 Å². The van der Waals surface area contributed by atoms with E-state index in [1.807, 2.05) is 5.32 Å². The summed E-state index contributed by atoms with van der Waals surface area (Å²) in [6.07, 6.45) is -12.3. The molecule has 268 valence electrons. The summed E-state index contributed by atoms with van der Waals surface area (Å²) in [6, 6.07) is -0.505. The van der Waals surface area contributed by atoms with Crippen molar-refractivity contribution >= 4 is 46.4 Å².